The van der Waals surface area contributed by atoms with E-state index in [2.05, 4.69) is 20.9 Å². The lowest BCUT2D eigenvalue weighted by Gasteiger charge is -2.11. The number of allylic oxidation sites excluding steroid dienone is 3. The zero-order chi connectivity index (χ0) is 21.3. The summed E-state index contributed by atoms with van der Waals surface area (Å²) in [6.07, 6.45) is 9.45. The van der Waals surface area contributed by atoms with Gasteiger partial charge in [-0.25, -0.2) is 9.97 Å². The summed E-state index contributed by atoms with van der Waals surface area (Å²) in [4.78, 5) is 21.0. The monoisotopic (exact) mass is 407 g/mol. The second-order valence-corrected chi connectivity index (χ2v) is 7.02. The topological polar surface area (TPSA) is 95.1 Å². The highest BCUT2D eigenvalue weighted by atomic mass is 16.5. The van der Waals surface area contributed by atoms with Gasteiger partial charge in [0.1, 0.15) is 11.3 Å². The summed E-state index contributed by atoms with van der Waals surface area (Å²) in [6.45, 7) is 3.91. The molecule has 0 unspecified atom stereocenters. The van der Waals surface area contributed by atoms with Crippen LogP contribution in [0.15, 0.2) is 48.6 Å². The third-order valence-electron chi connectivity index (χ3n) is 4.88. The molecule has 0 fully saturated rings. The van der Waals surface area contributed by atoms with Crippen molar-refractivity contribution in [2.45, 2.75) is 32.7 Å². The quantitative estimate of drug-likeness (QED) is 0.305. The molecule has 2 heterocycles. The number of amides is 1. The first-order valence-corrected chi connectivity index (χ1v) is 10.2. The Balaban J connectivity index is 1.77. The number of nitrogen functional groups attached to an aromatic ring is 1. The van der Waals surface area contributed by atoms with Crippen LogP contribution in [0.4, 0.5) is 5.82 Å². The Hall–Kier alpha value is -3.19. The van der Waals surface area contributed by atoms with Crippen LogP contribution >= 0.6 is 0 Å². The molecule has 7 heteroatoms. The number of rotatable bonds is 10. The van der Waals surface area contributed by atoms with Gasteiger partial charge in [-0.2, -0.15) is 0 Å². The summed E-state index contributed by atoms with van der Waals surface area (Å²) < 4.78 is 7.49. The molecule has 0 spiro atoms. The van der Waals surface area contributed by atoms with Crippen molar-refractivity contribution in [1.29, 1.82) is 0 Å². The summed E-state index contributed by atoms with van der Waals surface area (Å²) in [6, 6.07) is 7.98. The third-order valence-corrected chi connectivity index (χ3v) is 4.88. The number of para-hydroxylation sites is 1. The molecule has 158 valence electrons. The Morgan fingerprint density at radius 2 is 2.07 bits per heavy atom. The molecule has 3 N–H and O–H groups in total. The molecule has 0 aliphatic carbocycles. The maximum absolute atomic E-state index is 11.8. The molecule has 0 saturated carbocycles. The number of unbranched alkanes of at least 4 members (excludes halogenated alkanes) is 1. The van der Waals surface area contributed by atoms with Crippen LogP contribution < -0.4 is 11.1 Å². The number of aromatic nitrogens is 3. The van der Waals surface area contributed by atoms with Crippen LogP contribution in [0.2, 0.25) is 0 Å². The number of nitrogens with one attached hydrogen (secondary N) is 1. The van der Waals surface area contributed by atoms with Crippen LogP contribution in [0.1, 0.15) is 25.6 Å². The summed E-state index contributed by atoms with van der Waals surface area (Å²) in [5.74, 6) is 1.31. The number of carbonyl (C=O) groups excluding carboxylic acids is 1. The highest BCUT2D eigenvalue weighted by Crippen LogP contribution is 2.29. The standard InChI is InChI=1S/C23H29N5O2/c1-3-4-5-12-20(29)25-14-8-9-15-28-19(13-16-30-2)27-21-22(28)17-10-6-7-11-18(17)26-23(21)24/h3-7,10-12H,8-9,13-16H2,1-2H3,(H2,24,26)(H,25,29). The van der Waals surface area contributed by atoms with Crippen molar-refractivity contribution in [3.8, 4) is 0 Å². The number of benzene rings is 1. The zero-order valence-electron chi connectivity index (χ0n) is 17.6. The summed E-state index contributed by atoms with van der Waals surface area (Å²) in [5, 5.41) is 3.95. The predicted octanol–water partition coefficient (Wildman–Crippen LogP) is 3.38. The highest BCUT2D eigenvalue weighted by Gasteiger charge is 2.16. The van der Waals surface area contributed by atoms with Gasteiger partial charge in [-0.3, -0.25) is 4.79 Å². The summed E-state index contributed by atoms with van der Waals surface area (Å²) >= 11 is 0. The van der Waals surface area contributed by atoms with Crippen LogP contribution in [0, 0.1) is 0 Å². The number of nitrogens with two attached hydrogens (primary N) is 1. The Bertz CT molecular complexity index is 1070. The number of aryl methyl sites for hydroxylation is 1. The fraction of sp³-hybridized carbons (Fsp3) is 0.348. The van der Waals surface area contributed by atoms with Crippen molar-refractivity contribution < 1.29 is 9.53 Å². The average Bonchev–Trinajstić information content (AvgIpc) is 3.11. The van der Waals surface area contributed by atoms with E-state index in [0.717, 1.165) is 47.1 Å². The molecule has 3 aromatic rings. The van der Waals surface area contributed by atoms with Crippen LogP contribution in [-0.2, 0) is 22.5 Å². The first-order valence-electron chi connectivity index (χ1n) is 10.2. The smallest absolute Gasteiger partial charge is 0.243 e. The van der Waals surface area contributed by atoms with E-state index in [1.807, 2.05) is 37.3 Å². The molecule has 0 saturated heterocycles. The number of hydrogen-bond donors (Lipinski definition) is 2. The van der Waals surface area contributed by atoms with Crippen LogP contribution in [0.3, 0.4) is 0 Å². The van der Waals surface area contributed by atoms with Gasteiger partial charge in [-0.1, -0.05) is 36.4 Å². The number of nitrogens with zero attached hydrogens (tertiary/aromatic N) is 3. The fourth-order valence-corrected chi connectivity index (χ4v) is 3.45. The number of methoxy groups -OCH3 is 1. The van der Waals surface area contributed by atoms with E-state index in [1.54, 1.807) is 13.2 Å². The molecular weight excluding hydrogens is 378 g/mol. The molecule has 0 aliphatic heterocycles. The van der Waals surface area contributed by atoms with E-state index >= 15 is 0 Å². The molecule has 2 aromatic heterocycles. The Morgan fingerprint density at radius 1 is 1.23 bits per heavy atom. The number of imidazole rings is 1. The van der Waals surface area contributed by atoms with E-state index in [-0.39, 0.29) is 5.91 Å². The normalized spacial score (nSPS) is 11.9. The molecule has 1 aromatic carbocycles. The third kappa shape index (κ3) is 5.04. The zero-order valence-corrected chi connectivity index (χ0v) is 17.6. The fourth-order valence-electron chi connectivity index (χ4n) is 3.45. The Kier molecular flexibility index (Phi) is 7.57. The molecule has 0 radical (unpaired) electrons. The molecule has 0 bridgehead atoms. The van der Waals surface area contributed by atoms with Gasteiger partial charge in [0.05, 0.1) is 17.6 Å². The second-order valence-electron chi connectivity index (χ2n) is 7.02. The van der Waals surface area contributed by atoms with Gasteiger partial charge >= 0.3 is 0 Å². The summed E-state index contributed by atoms with van der Waals surface area (Å²) in [5.41, 5.74) is 8.83. The Labute approximate surface area is 176 Å². The molecule has 30 heavy (non-hydrogen) atoms. The predicted molar refractivity (Wildman–Crippen MR) is 121 cm³/mol. The minimum Gasteiger partial charge on any atom is -0.384 e. The molecular formula is C23H29N5O2. The SMILES string of the molecule is CC=CC=CC(=O)NCCCCn1c(CCOC)nc2c(N)nc3ccccc3c21. The van der Waals surface area contributed by atoms with Gasteiger partial charge in [-0.05, 0) is 25.8 Å². The van der Waals surface area contributed by atoms with Crippen LogP contribution in [-0.4, -0.2) is 40.7 Å². The second kappa shape index (κ2) is 10.5. The van der Waals surface area contributed by atoms with E-state index in [1.165, 1.54) is 6.08 Å². The summed E-state index contributed by atoms with van der Waals surface area (Å²) in [7, 11) is 1.69. The minimum atomic E-state index is -0.0770. The number of ether oxygens (including phenoxy) is 1. The molecule has 0 aliphatic rings. The largest absolute Gasteiger partial charge is 0.384 e. The number of carbonyl (C=O) groups is 1. The number of anilines is 1. The first-order chi connectivity index (χ1) is 14.7. The maximum Gasteiger partial charge on any atom is 0.243 e. The van der Waals surface area contributed by atoms with Crippen molar-refractivity contribution in [3.05, 3.63) is 54.4 Å². The van der Waals surface area contributed by atoms with E-state index in [4.69, 9.17) is 15.5 Å². The number of pyridine rings is 1. The minimum absolute atomic E-state index is 0.0770. The molecule has 0 atom stereocenters. The number of hydrogen-bond acceptors (Lipinski definition) is 5. The van der Waals surface area contributed by atoms with Gasteiger partial charge < -0.3 is 20.4 Å². The molecule has 1 amide bonds. The van der Waals surface area contributed by atoms with Crippen molar-refractivity contribution >= 4 is 33.7 Å². The van der Waals surface area contributed by atoms with Gasteiger partial charge in [0.25, 0.3) is 0 Å². The van der Waals surface area contributed by atoms with Crippen molar-refractivity contribution in [3.63, 3.8) is 0 Å². The lowest BCUT2D eigenvalue weighted by molar-refractivity contribution is -0.116. The molecule has 7 nitrogen and oxygen atoms in total. The number of fused-ring (bicyclic) bond motifs is 3. The van der Waals surface area contributed by atoms with E-state index < -0.39 is 0 Å². The van der Waals surface area contributed by atoms with Gasteiger partial charge in [0, 0.05) is 38.1 Å². The van der Waals surface area contributed by atoms with Gasteiger partial charge in [0.2, 0.25) is 5.91 Å². The van der Waals surface area contributed by atoms with E-state index in [9.17, 15) is 4.79 Å². The lowest BCUT2D eigenvalue weighted by Crippen LogP contribution is -2.22. The van der Waals surface area contributed by atoms with E-state index in [0.29, 0.717) is 25.4 Å². The highest BCUT2D eigenvalue weighted by molar-refractivity contribution is 6.06. The molecule has 3 rings (SSSR count). The van der Waals surface area contributed by atoms with Crippen molar-refractivity contribution in [2.24, 2.45) is 0 Å². The first kappa shape index (κ1) is 21.5. The maximum atomic E-state index is 11.8. The van der Waals surface area contributed by atoms with Gasteiger partial charge in [-0.15, -0.1) is 0 Å². The lowest BCUT2D eigenvalue weighted by atomic mass is 10.2. The Morgan fingerprint density at radius 3 is 2.87 bits per heavy atom. The van der Waals surface area contributed by atoms with Crippen molar-refractivity contribution in [2.75, 3.05) is 26.0 Å². The average molecular weight is 408 g/mol. The van der Waals surface area contributed by atoms with Crippen LogP contribution in [0.25, 0.3) is 21.9 Å². The van der Waals surface area contributed by atoms with Crippen LogP contribution in [0.5, 0.6) is 0 Å². The van der Waals surface area contributed by atoms with Crippen molar-refractivity contribution in [1.82, 2.24) is 19.9 Å². The van der Waals surface area contributed by atoms with Gasteiger partial charge in [0.15, 0.2) is 5.82 Å².